The van der Waals surface area contributed by atoms with E-state index in [0.29, 0.717) is 44.2 Å². The molecule has 2 aliphatic heterocycles. The molecule has 0 spiro atoms. The Labute approximate surface area is 187 Å². The molecule has 1 amide bonds. The third kappa shape index (κ3) is 4.56. The lowest BCUT2D eigenvalue weighted by Crippen LogP contribution is -2.46. The molecule has 1 fully saturated rings. The number of rotatable bonds is 7. The van der Waals surface area contributed by atoms with Gasteiger partial charge in [-0.1, -0.05) is 12.1 Å². The number of amides is 1. The summed E-state index contributed by atoms with van der Waals surface area (Å²) in [5.41, 5.74) is 3.29. The van der Waals surface area contributed by atoms with Crippen molar-refractivity contribution in [2.45, 2.75) is 45.6 Å². The van der Waals surface area contributed by atoms with Crippen molar-refractivity contribution < 1.29 is 23.5 Å². The first kappa shape index (κ1) is 22.1. The third-order valence-electron chi connectivity index (χ3n) is 6.07. The molecule has 6 nitrogen and oxygen atoms in total. The predicted molar refractivity (Wildman–Crippen MR) is 121 cm³/mol. The van der Waals surface area contributed by atoms with Crippen molar-refractivity contribution in [1.82, 2.24) is 0 Å². The smallest absolute Gasteiger partial charge is 0.310 e. The van der Waals surface area contributed by atoms with Crippen LogP contribution in [-0.4, -0.2) is 44.2 Å². The molecule has 2 heterocycles. The summed E-state index contributed by atoms with van der Waals surface area (Å²) in [4.78, 5) is 28.6. The average molecular weight is 441 g/mol. The number of carbonyl (C=O) groups excluding carboxylic acids is 2. The predicted octanol–water partition coefficient (Wildman–Crippen LogP) is 3.89. The molecule has 32 heavy (non-hydrogen) atoms. The average Bonchev–Trinajstić information content (AvgIpc) is 3.09. The molecule has 0 aromatic heterocycles. The van der Waals surface area contributed by atoms with Crippen LogP contribution in [0.2, 0.25) is 0 Å². The van der Waals surface area contributed by atoms with Gasteiger partial charge in [0.2, 0.25) is 5.91 Å². The Morgan fingerprint density at radius 3 is 2.53 bits per heavy atom. The second-order valence-electron chi connectivity index (χ2n) is 8.15. The second-order valence-corrected chi connectivity index (χ2v) is 8.15. The quantitative estimate of drug-likeness (QED) is 0.612. The lowest BCUT2D eigenvalue weighted by molar-refractivity contribution is -0.142. The standard InChI is InChI=1S/C25H29FN2O4/c1-3-31-20-7-8-22(21(26)16-20)27-11-9-19(10-12-27)28-23-13-17(14-25(30)32-4-2)5-6-18(23)15-24(28)29/h5-8,13,16,19H,3-4,9-12,14-15H2,1-2H3. The van der Waals surface area contributed by atoms with Crippen LogP contribution in [0.25, 0.3) is 0 Å². The number of piperidine rings is 1. The monoisotopic (exact) mass is 440 g/mol. The summed E-state index contributed by atoms with van der Waals surface area (Å²) in [6, 6.07) is 10.8. The highest BCUT2D eigenvalue weighted by Crippen LogP contribution is 2.35. The van der Waals surface area contributed by atoms with Gasteiger partial charge >= 0.3 is 5.97 Å². The third-order valence-corrected chi connectivity index (χ3v) is 6.07. The van der Waals surface area contributed by atoms with Crippen molar-refractivity contribution in [1.29, 1.82) is 0 Å². The van der Waals surface area contributed by atoms with E-state index in [-0.39, 0.29) is 30.2 Å². The summed E-state index contributed by atoms with van der Waals surface area (Å²) in [6.45, 7) is 5.83. The molecule has 1 saturated heterocycles. The number of benzene rings is 2. The maximum absolute atomic E-state index is 14.6. The molecule has 0 atom stereocenters. The first-order valence-corrected chi connectivity index (χ1v) is 11.3. The largest absolute Gasteiger partial charge is 0.494 e. The summed E-state index contributed by atoms with van der Waals surface area (Å²) in [6.07, 6.45) is 2.07. The van der Waals surface area contributed by atoms with Crippen molar-refractivity contribution in [3.8, 4) is 5.75 Å². The summed E-state index contributed by atoms with van der Waals surface area (Å²) >= 11 is 0. The van der Waals surface area contributed by atoms with Crippen molar-refractivity contribution in [3.05, 3.63) is 53.3 Å². The lowest BCUT2D eigenvalue weighted by Gasteiger charge is -2.38. The number of hydrogen-bond donors (Lipinski definition) is 0. The molecule has 0 bridgehead atoms. The molecule has 7 heteroatoms. The molecular weight excluding hydrogens is 411 g/mol. The van der Waals surface area contributed by atoms with Crippen LogP contribution in [0.3, 0.4) is 0 Å². The molecule has 0 N–H and O–H groups in total. The number of esters is 1. The van der Waals surface area contributed by atoms with Crippen LogP contribution in [0.4, 0.5) is 15.8 Å². The maximum Gasteiger partial charge on any atom is 0.310 e. The Bertz CT molecular complexity index is 1000. The topological polar surface area (TPSA) is 59.1 Å². The first-order valence-electron chi connectivity index (χ1n) is 11.3. The van der Waals surface area contributed by atoms with E-state index in [1.54, 1.807) is 19.1 Å². The van der Waals surface area contributed by atoms with Gasteiger partial charge in [0.1, 0.15) is 11.6 Å². The van der Waals surface area contributed by atoms with E-state index in [1.807, 2.05) is 34.9 Å². The Balaban J connectivity index is 1.45. The number of anilines is 2. The molecule has 2 aromatic carbocycles. The van der Waals surface area contributed by atoms with Crippen LogP contribution in [0.15, 0.2) is 36.4 Å². The van der Waals surface area contributed by atoms with Crippen LogP contribution in [-0.2, 0) is 27.2 Å². The molecule has 0 radical (unpaired) electrons. The van der Waals surface area contributed by atoms with Gasteiger partial charge in [0.05, 0.1) is 31.7 Å². The maximum atomic E-state index is 14.6. The van der Waals surface area contributed by atoms with E-state index >= 15 is 0 Å². The van der Waals surface area contributed by atoms with E-state index in [9.17, 15) is 14.0 Å². The number of halogens is 1. The summed E-state index contributed by atoms with van der Waals surface area (Å²) < 4.78 is 25.0. The van der Waals surface area contributed by atoms with Gasteiger partial charge in [-0.05, 0) is 56.0 Å². The van der Waals surface area contributed by atoms with E-state index < -0.39 is 0 Å². The number of ether oxygens (including phenoxy) is 2. The molecule has 0 aliphatic carbocycles. The first-order chi connectivity index (χ1) is 15.5. The fraction of sp³-hybridized carbons (Fsp3) is 0.440. The lowest BCUT2D eigenvalue weighted by atomic mass is 10.0. The molecule has 4 rings (SSSR count). The Hall–Kier alpha value is -3.09. The molecule has 170 valence electrons. The fourth-order valence-electron chi connectivity index (χ4n) is 4.62. The Morgan fingerprint density at radius 1 is 1.06 bits per heavy atom. The highest BCUT2D eigenvalue weighted by atomic mass is 19.1. The number of hydrogen-bond acceptors (Lipinski definition) is 5. The van der Waals surface area contributed by atoms with Gasteiger partial charge in [-0.2, -0.15) is 0 Å². The van der Waals surface area contributed by atoms with Crippen LogP contribution >= 0.6 is 0 Å². The summed E-state index contributed by atoms with van der Waals surface area (Å²) in [5, 5.41) is 0. The highest BCUT2D eigenvalue weighted by Gasteiger charge is 2.35. The number of fused-ring (bicyclic) bond motifs is 1. The zero-order chi connectivity index (χ0) is 22.7. The van der Waals surface area contributed by atoms with Crippen molar-refractivity contribution in [3.63, 3.8) is 0 Å². The van der Waals surface area contributed by atoms with Crippen LogP contribution in [0, 0.1) is 5.82 Å². The van der Waals surface area contributed by atoms with Gasteiger partial charge in [0.15, 0.2) is 0 Å². The van der Waals surface area contributed by atoms with E-state index in [1.165, 1.54) is 6.07 Å². The minimum atomic E-state index is -0.291. The van der Waals surface area contributed by atoms with Gasteiger partial charge < -0.3 is 19.3 Å². The molecular formula is C25H29FN2O4. The zero-order valence-electron chi connectivity index (χ0n) is 18.6. The zero-order valence-corrected chi connectivity index (χ0v) is 18.6. The van der Waals surface area contributed by atoms with E-state index in [2.05, 4.69) is 0 Å². The van der Waals surface area contributed by atoms with Crippen molar-refractivity contribution >= 4 is 23.3 Å². The summed E-state index contributed by atoms with van der Waals surface area (Å²) in [7, 11) is 0. The normalized spacial score (nSPS) is 16.3. The Morgan fingerprint density at radius 2 is 1.84 bits per heavy atom. The van der Waals surface area contributed by atoms with Gasteiger partial charge in [-0.3, -0.25) is 9.59 Å². The van der Waals surface area contributed by atoms with Crippen molar-refractivity contribution in [2.75, 3.05) is 36.1 Å². The van der Waals surface area contributed by atoms with Gasteiger partial charge in [-0.25, -0.2) is 4.39 Å². The number of carbonyl (C=O) groups is 2. The molecule has 2 aliphatic rings. The SMILES string of the molecule is CCOC(=O)Cc1ccc2c(c1)N(C1CCN(c3ccc(OCC)cc3F)CC1)C(=O)C2. The van der Waals surface area contributed by atoms with Crippen LogP contribution in [0.1, 0.15) is 37.8 Å². The Kier molecular flexibility index (Phi) is 6.63. The molecule has 2 aromatic rings. The highest BCUT2D eigenvalue weighted by molar-refractivity contribution is 6.02. The van der Waals surface area contributed by atoms with E-state index in [4.69, 9.17) is 9.47 Å². The molecule has 0 saturated carbocycles. The van der Waals surface area contributed by atoms with Crippen LogP contribution < -0.4 is 14.5 Å². The second kappa shape index (κ2) is 9.59. The van der Waals surface area contributed by atoms with Gasteiger partial charge in [-0.15, -0.1) is 0 Å². The minimum absolute atomic E-state index is 0.0589. The fourth-order valence-corrected chi connectivity index (χ4v) is 4.62. The van der Waals surface area contributed by atoms with Crippen LogP contribution in [0.5, 0.6) is 5.75 Å². The molecule has 0 unspecified atom stereocenters. The minimum Gasteiger partial charge on any atom is -0.494 e. The van der Waals surface area contributed by atoms with E-state index in [0.717, 1.165) is 29.7 Å². The summed E-state index contributed by atoms with van der Waals surface area (Å²) in [5.74, 6) is 0.0510. The van der Waals surface area contributed by atoms with Gasteiger partial charge in [0.25, 0.3) is 0 Å². The van der Waals surface area contributed by atoms with Crippen molar-refractivity contribution in [2.24, 2.45) is 0 Å². The number of nitrogens with zero attached hydrogens (tertiary/aromatic N) is 2. The van der Waals surface area contributed by atoms with Gasteiger partial charge in [0, 0.05) is 30.9 Å².